The van der Waals surface area contributed by atoms with Gasteiger partial charge in [-0.1, -0.05) is 0 Å². The Bertz CT molecular complexity index is 369. The largest absolute Gasteiger partial charge is 0.369 e. The molecule has 1 N–H and O–H groups in total. The molecule has 4 heteroatoms. The summed E-state index contributed by atoms with van der Waals surface area (Å²) < 4.78 is 1.05. The molecule has 0 aromatic carbocycles. The molecule has 0 unspecified atom stereocenters. The van der Waals surface area contributed by atoms with E-state index in [1.54, 1.807) is 0 Å². The average molecular weight is 314 g/mol. The summed E-state index contributed by atoms with van der Waals surface area (Å²) >= 11 is 3.46. The number of nitrogens with one attached hydrogen (secondary N) is 1. The van der Waals surface area contributed by atoms with Crippen LogP contribution in [0.4, 0.5) is 5.82 Å². The molecule has 0 aliphatic rings. The van der Waals surface area contributed by atoms with Crippen LogP contribution in [0.25, 0.3) is 0 Å². The van der Waals surface area contributed by atoms with Crippen LogP contribution in [0.5, 0.6) is 0 Å². The molecule has 0 saturated heterocycles. The fraction of sp³-hybridized carbons (Fsp3) is 0.643. The van der Waals surface area contributed by atoms with Gasteiger partial charge in [0.1, 0.15) is 5.82 Å². The number of anilines is 1. The highest BCUT2D eigenvalue weighted by atomic mass is 79.9. The molecule has 0 saturated carbocycles. The zero-order valence-electron chi connectivity index (χ0n) is 12.0. The minimum atomic E-state index is 0.575. The first-order chi connectivity index (χ1) is 8.41. The highest BCUT2D eigenvalue weighted by Gasteiger charge is 2.12. The predicted molar refractivity (Wildman–Crippen MR) is 82.1 cm³/mol. The summed E-state index contributed by atoms with van der Waals surface area (Å²) in [4.78, 5) is 6.82. The lowest BCUT2D eigenvalue weighted by atomic mass is 10.2. The third-order valence-corrected chi connectivity index (χ3v) is 3.88. The number of rotatable bonds is 6. The van der Waals surface area contributed by atoms with Crippen molar-refractivity contribution in [3.63, 3.8) is 0 Å². The highest BCUT2D eigenvalue weighted by Crippen LogP contribution is 2.17. The molecule has 0 amide bonds. The summed E-state index contributed by atoms with van der Waals surface area (Å²) in [6.45, 7) is 13.0. The van der Waals surface area contributed by atoms with Crippen molar-refractivity contribution in [2.45, 2.75) is 46.7 Å². The Morgan fingerprint density at radius 1 is 1.28 bits per heavy atom. The third kappa shape index (κ3) is 4.58. The van der Waals surface area contributed by atoms with Crippen molar-refractivity contribution in [1.82, 2.24) is 9.88 Å². The lowest BCUT2D eigenvalue weighted by Crippen LogP contribution is -2.40. The Morgan fingerprint density at radius 3 is 2.39 bits per heavy atom. The molecule has 0 aliphatic heterocycles. The van der Waals surface area contributed by atoms with Crippen molar-refractivity contribution in [3.05, 3.63) is 22.3 Å². The normalized spacial score (nSPS) is 11.6. The van der Waals surface area contributed by atoms with Gasteiger partial charge in [0.05, 0.1) is 0 Å². The lowest BCUT2D eigenvalue weighted by Gasteiger charge is -2.30. The molecule has 1 aromatic rings. The maximum Gasteiger partial charge on any atom is 0.126 e. The molecule has 18 heavy (non-hydrogen) atoms. The van der Waals surface area contributed by atoms with Crippen molar-refractivity contribution in [2.24, 2.45) is 0 Å². The van der Waals surface area contributed by atoms with Gasteiger partial charge in [0.2, 0.25) is 0 Å². The SMILES string of the molecule is Cc1cc(NCCN(C(C)C)C(C)C)ncc1Br. The van der Waals surface area contributed by atoms with Crippen LogP contribution < -0.4 is 5.32 Å². The Labute approximate surface area is 119 Å². The maximum atomic E-state index is 4.35. The molecule has 0 spiro atoms. The van der Waals surface area contributed by atoms with E-state index < -0.39 is 0 Å². The van der Waals surface area contributed by atoms with Gasteiger partial charge in [-0.05, 0) is 62.2 Å². The number of aryl methyl sites for hydroxylation is 1. The predicted octanol–water partition coefficient (Wildman–Crippen LogP) is 3.68. The molecule has 0 fully saturated rings. The van der Waals surface area contributed by atoms with Gasteiger partial charge in [-0.3, -0.25) is 4.90 Å². The van der Waals surface area contributed by atoms with E-state index in [2.05, 4.69) is 71.8 Å². The first-order valence-electron chi connectivity index (χ1n) is 6.53. The number of nitrogens with zero attached hydrogens (tertiary/aromatic N) is 2. The van der Waals surface area contributed by atoms with Crippen LogP contribution in [0.3, 0.4) is 0 Å². The van der Waals surface area contributed by atoms with Gasteiger partial charge >= 0.3 is 0 Å². The van der Waals surface area contributed by atoms with Gasteiger partial charge < -0.3 is 5.32 Å². The van der Waals surface area contributed by atoms with Gasteiger partial charge in [-0.15, -0.1) is 0 Å². The summed E-state index contributed by atoms with van der Waals surface area (Å²) in [5.41, 5.74) is 1.21. The summed E-state index contributed by atoms with van der Waals surface area (Å²) in [5, 5.41) is 3.38. The van der Waals surface area contributed by atoms with E-state index in [1.807, 2.05) is 6.20 Å². The Morgan fingerprint density at radius 2 is 1.89 bits per heavy atom. The topological polar surface area (TPSA) is 28.2 Å². The zero-order chi connectivity index (χ0) is 13.7. The summed E-state index contributed by atoms with van der Waals surface area (Å²) in [6, 6.07) is 3.22. The van der Waals surface area contributed by atoms with Crippen LogP contribution in [0.1, 0.15) is 33.3 Å². The quantitative estimate of drug-likeness (QED) is 0.868. The standard InChI is InChI=1S/C14H24BrN3/c1-10(2)18(11(3)4)7-6-16-14-8-12(5)13(15)9-17-14/h8-11H,6-7H2,1-5H3,(H,16,17). The van der Waals surface area contributed by atoms with E-state index in [0.717, 1.165) is 23.4 Å². The van der Waals surface area contributed by atoms with Crippen LogP contribution >= 0.6 is 15.9 Å². The number of aromatic nitrogens is 1. The second-order valence-corrected chi connectivity index (χ2v) is 6.03. The van der Waals surface area contributed by atoms with E-state index >= 15 is 0 Å². The Kier molecular flexibility index (Phi) is 6.09. The molecule has 0 aliphatic carbocycles. The molecule has 0 bridgehead atoms. The minimum absolute atomic E-state index is 0.575. The van der Waals surface area contributed by atoms with Gasteiger partial charge in [-0.2, -0.15) is 0 Å². The molecule has 102 valence electrons. The van der Waals surface area contributed by atoms with E-state index in [1.165, 1.54) is 5.56 Å². The lowest BCUT2D eigenvalue weighted by molar-refractivity contribution is 0.182. The van der Waals surface area contributed by atoms with Crippen LogP contribution in [-0.4, -0.2) is 35.1 Å². The molecular weight excluding hydrogens is 290 g/mol. The van der Waals surface area contributed by atoms with Crippen molar-refractivity contribution >= 4 is 21.7 Å². The van der Waals surface area contributed by atoms with Crippen molar-refractivity contribution in [1.29, 1.82) is 0 Å². The smallest absolute Gasteiger partial charge is 0.126 e. The molecule has 1 heterocycles. The monoisotopic (exact) mass is 313 g/mol. The first-order valence-corrected chi connectivity index (χ1v) is 7.33. The van der Waals surface area contributed by atoms with Gasteiger partial charge in [-0.25, -0.2) is 4.98 Å². The van der Waals surface area contributed by atoms with E-state index in [4.69, 9.17) is 0 Å². The highest BCUT2D eigenvalue weighted by molar-refractivity contribution is 9.10. The summed E-state index contributed by atoms with van der Waals surface area (Å²) in [7, 11) is 0. The van der Waals surface area contributed by atoms with Gasteiger partial charge in [0.25, 0.3) is 0 Å². The number of hydrogen-bond donors (Lipinski definition) is 1. The molecule has 1 rings (SSSR count). The minimum Gasteiger partial charge on any atom is -0.369 e. The Balaban J connectivity index is 2.47. The van der Waals surface area contributed by atoms with E-state index in [-0.39, 0.29) is 0 Å². The molecular formula is C14H24BrN3. The fourth-order valence-electron chi connectivity index (χ4n) is 2.06. The Hall–Kier alpha value is -0.610. The molecule has 1 aromatic heterocycles. The second kappa shape index (κ2) is 7.10. The first kappa shape index (κ1) is 15.4. The second-order valence-electron chi connectivity index (χ2n) is 5.17. The number of halogens is 1. The van der Waals surface area contributed by atoms with Crippen LogP contribution in [0, 0.1) is 6.92 Å². The zero-order valence-corrected chi connectivity index (χ0v) is 13.6. The van der Waals surface area contributed by atoms with Crippen molar-refractivity contribution < 1.29 is 0 Å². The van der Waals surface area contributed by atoms with E-state index in [0.29, 0.717) is 12.1 Å². The maximum absolute atomic E-state index is 4.35. The van der Waals surface area contributed by atoms with Crippen LogP contribution in [0.15, 0.2) is 16.7 Å². The average Bonchev–Trinajstić information content (AvgIpc) is 2.28. The molecule has 0 atom stereocenters. The van der Waals surface area contributed by atoms with Gasteiger partial charge in [0, 0.05) is 35.8 Å². The number of pyridine rings is 1. The molecule has 3 nitrogen and oxygen atoms in total. The summed E-state index contributed by atoms with van der Waals surface area (Å²) in [5.74, 6) is 0.947. The third-order valence-electron chi connectivity index (χ3n) is 3.05. The summed E-state index contributed by atoms with van der Waals surface area (Å²) in [6.07, 6.45) is 1.85. The van der Waals surface area contributed by atoms with Crippen molar-refractivity contribution in [2.75, 3.05) is 18.4 Å². The fourth-order valence-corrected chi connectivity index (χ4v) is 2.28. The van der Waals surface area contributed by atoms with Crippen LogP contribution in [0.2, 0.25) is 0 Å². The van der Waals surface area contributed by atoms with E-state index in [9.17, 15) is 0 Å². The van der Waals surface area contributed by atoms with Gasteiger partial charge in [0.15, 0.2) is 0 Å². The van der Waals surface area contributed by atoms with Crippen LogP contribution in [-0.2, 0) is 0 Å². The van der Waals surface area contributed by atoms with Crippen molar-refractivity contribution in [3.8, 4) is 0 Å². The molecule has 0 radical (unpaired) electrons. The number of hydrogen-bond acceptors (Lipinski definition) is 3.